The molecule has 28 heavy (non-hydrogen) atoms. The van der Waals surface area contributed by atoms with Crippen molar-refractivity contribution in [3.63, 3.8) is 0 Å². The van der Waals surface area contributed by atoms with Crippen LogP contribution in [0.5, 0.6) is 0 Å². The molecule has 2 aliphatic heterocycles. The predicted octanol–water partition coefficient (Wildman–Crippen LogP) is 3.86. The van der Waals surface area contributed by atoms with Crippen molar-refractivity contribution in [2.24, 2.45) is 0 Å². The van der Waals surface area contributed by atoms with E-state index in [-0.39, 0.29) is 24.7 Å². The lowest BCUT2D eigenvalue weighted by Crippen LogP contribution is -2.48. The fourth-order valence-electron chi connectivity index (χ4n) is 4.11. The summed E-state index contributed by atoms with van der Waals surface area (Å²) < 4.78 is 0.985. The van der Waals surface area contributed by atoms with Gasteiger partial charge in [-0.3, -0.25) is 9.59 Å². The van der Waals surface area contributed by atoms with Gasteiger partial charge in [0.1, 0.15) is 0 Å². The second kappa shape index (κ2) is 8.35. The summed E-state index contributed by atoms with van der Waals surface area (Å²) in [6, 6.07) is 16.3. The third kappa shape index (κ3) is 4.07. The zero-order chi connectivity index (χ0) is 19.5. The number of hydrogen-bond acceptors (Lipinski definition) is 3. The number of fused-ring (bicyclic) bond motifs is 3. The highest BCUT2D eigenvalue weighted by Gasteiger charge is 2.35. The molecule has 1 fully saturated rings. The minimum Gasteiger partial charge on any atom is -0.365 e. The maximum Gasteiger partial charge on any atom is 0.227 e. The van der Waals surface area contributed by atoms with Gasteiger partial charge in [0.15, 0.2) is 0 Å². The Morgan fingerprint density at radius 3 is 2.71 bits per heavy atom. The standard InChI is InChI=1S/C22H24BrN3O2/c23-17-6-3-5-16(13-17)14-24-21(27)10-11-22(28)26-15-18-7-4-12-25(18)19-8-1-2-9-20(19)26/h1-3,5-6,8-9,13,18H,4,7,10-12,14-15H2,(H,24,27)/t18-/m0/s1. The lowest BCUT2D eigenvalue weighted by atomic mass is 10.1. The number of carbonyl (C=O) groups excluding carboxylic acids is 2. The first-order chi connectivity index (χ1) is 13.6. The zero-order valence-electron chi connectivity index (χ0n) is 15.7. The Kier molecular flexibility index (Phi) is 5.67. The summed E-state index contributed by atoms with van der Waals surface area (Å²) in [6.45, 7) is 2.24. The minimum atomic E-state index is -0.0962. The molecule has 0 saturated carbocycles. The Hall–Kier alpha value is -2.34. The zero-order valence-corrected chi connectivity index (χ0v) is 17.3. The maximum atomic E-state index is 12.9. The van der Waals surface area contributed by atoms with Gasteiger partial charge in [-0.2, -0.15) is 0 Å². The van der Waals surface area contributed by atoms with E-state index in [2.05, 4.69) is 32.2 Å². The van der Waals surface area contributed by atoms with Gasteiger partial charge in [0, 0.05) is 43.0 Å². The number of benzene rings is 2. The van der Waals surface area contributed by atoms with E-state index in [0.717, 1.165) is 40.9 Å². The lowest BCUT2D eigenvalue weighted by Gasteiger charge is -2.40. The molecule has 2 amide bonds. The van der Waals surface area contributed by atoms with E-state index in [1.807, 2.05) is 47.4 Å². The Balaban J connectivity index is 1.35. The number of nitrogens with zero attached hydrogens (tertiary/aromatic N) is 2. The minimum absolute atomic E-state index is 0.0246. The van der Waals surface area contributed by atoms with Gasteiger partial charge in [0.2, 0.25) is 11.8 Å². The molecule has 2 heterocycles. The van der Waals surface area contributed by atoms with Crippen LogP contribution in [0, 0.1) is 0 Å². The molecule has 1 saturated heterocycles. The summed E-state index contributed by atoms with van der Waals surface area (Å²) >= 11 is 3.43. The van der Waals surface area contributed by atoms with E-state index < -0.39 is 0 Å². The van der Waals surface area contributed by atoms with Crippen molar-refractivity contribution in [3.05, 3.63) is 58.6 Å². The molecule has 0 unspecified atom stereocenters. The van der Waals surface area contributed by atoms with Gasteiger partial charge in [0.25, 0.3) is 0 Å². The summed E-state index contributed by atoms with van der Waals surface area (Å²) in [6.07, 6.45) is 2.72. The normalized spacial score (nSPS) is 17.8. The summed E-state index contributed by atoms with van der Waals surface area (Å²) in [7, 11) is 0. The number of hydrogen-bond donors (Lipinski definition) is 1. The van der Waals surface area contributed by atoms with Gasteiger partial charge in [-0.25, -0.2) is 0 Å². The number of carbonyl (C=O) groups is 2. The topological polar surface area (TPSA) is 52.7 Å². The largest absolute Gasteiger partial charge is 0.365 e. The molecule has 146 valence electrons. The molecule has 2 aliphatic rings. The van der Waals surface area contributed by atoms with Crippen molar-refractivity contribution < 1.29 is 9.59 Å². The van der Waals surface area contributed by atoms with Crippen molar-refractivity contribution in [2.75, 3.05) is 22.9 Å². The Morgan fingerprint density at radius 1 is 1.07 bits per heavy atom. The molecular formula is C22H24BrN3O2. The van der Waals surface area contributed by atoms with E-state index >= 15 is 0 Å². The van der Waals surface area contributed by atoms with E-state index in [4.69, 9.17) is 0 Å². The number of nitrogens with one attached hydrogen (secondary N) is 1. The van der Waals surface area contributed by atoms with Crippen molar-refractivity contribution in [2.45, 2.75) is 38.3 Å². The van der Waals surface area contributed by atoms with Crippen LogP contribution < -0.4 is 15.1 Å². The predicted molar refractivity (Wildman–Crippen MR) is 114 cm³/mol. The van der Waals surface area contributed by atoms with Gasteiger partial charge >= 0.3 is 0 Å². The van der Waals surface area contributed by atoms with Crippen LogP contribution in [-0.4, -0.2) is 30.9 Å². The molecule has 4 rings (SSSR count). The highest BCUT2D eigenvalue weighted by atomic mass is 79.9. The molecule has 2 aromatic rings. The first-order valence-corrected chi connectivity index (χ1v) is 10.6. The fourth-order valence-corrected chi connectivity index (χ4v) is 4.56. The Morgan fingerprint density at radius 2 is 1.89 bits per heavy atom. The lowest BCUT2D eigenvalue weighted by molar-refractivity contribution is -0.125. The summed E-state index contributed by atoms with van der Waals surface area (Å²) in [5.74, 6) is -0.0716. The Labute approximate surface area is 173 Å². The number of amides is 2. The summed E-state index contributed by atoms with van der Waals surface area (Å²) in [5.41, 5.74) is 3.14. The van der Waals surface area contributed by atoms with Crippen LogP contribution in [-0.2, 0) is 16.1 Å². The highest BCUT2D eigenvalue weighted by molar-refractivity contribution is 9.10. The molecule has 0 aromatic heterocycles. The molecule has 1 atom stereocenters. The van der Waals surface area contributed by atoms with E-state index in [9.17, 15) is 9.59 Å². The van der Waals surface area contributed by atoms with E-state index in [1.54, 1.807) is 0 Å². The average Bonchev–Trinajstić information content (AvgIpc) is 3.19. The number of para-hydroxylation sites is 2. The maximum absolute atomic E-state index is 12.9. The van der Waals surface area contributed by atoms with Crippen molar-refractivity contribution in [3.8, 4) is 0 Å². The summed E-state index contributed by atoms with van der Waals surface area (Å²) in [5, 5.41) is 2.90. The monoisotopic (exact) mass is 441 g/mol. The van der Waals surface area contributed by atoms with E-state index in [1.165, 1.54) is 6.42 Å². The first kappa shape index (κ1) is 19.0. The van der Waals surface area contributed by atoms with Gasteiger partial charge in [-0.1, -0.05) is 40.2 Å². The SMILES string of the molecule is O=C(CCC(=O)N1C[C@@H]2CCCN2c2ccccc21)NCc1cccc(Br)c1. The molecule has 2 aromatic carbocycles. The molecule has 0 spiro atoms. The quantitative estimate of drug-likeness (QED) is 0.765. The van der Waals surface area contributed by atoms with Crippen molar-refractivity contribution >= 4 is 39.1 Å². The van der Waals surface area contributed by atoms with Crippen molar-refractivity contribution in [1.82, 2.24) is 5.32 Å². The Bertz CT molecular complexity index is 886. The summed E-state index contributed by atoms with van der Waals surface area (Å²) in [4.78, 5) is 29.4. The second-order valence-electron chi connectivity index (χ2n) is 7.39. The molecule has 0 aliphatic carbocycles. The number of halogens is 1. The van der Waals surface area contributed by atoms with Crippen LogP contribution in [0.2, 0.25) is 0 Å². The highest BCUT2D eigenvalue weighted by Crippen LogP contribution is 2.39. The smallest absolute Gasteiger partial charge is 0.227 e. The average molecular weight is 442 g/mol. The van der Waals surface area contributed by atoms with Crippen LogP contribution in [0.1, 0.15) is 31.2 Å². The number of anilines is 2. The number of rotatable bonds is 5. The van der Waals surface area contributed by atoms with Crippen molar-refractivity contribution in [1.29, 1.82) is 0 Å². The fraction of sp³-hybridized carbons (Fsp3) is 0.364. The van der Waals surface area contributed by atoms with Crippen LogP contribution in [0.15, 0.2) is 53.0 Å². The third-order valence-electron chi connectivity index (χ3n) is 5.50. The second-order valence-corrected chi connectivity index (χ2v) is 8.30. The molecule has 1 N–H and O–H groups in total. The molecule has 0 bridgehead atoms. The van der Waals surface area contributed by atoms with Crippen LogP contribution in [0.4, 0.5) is 11.4 Å². The molecule has 5 nitrogen and oxygen atoms in total. The van der Waals surface area contributed by atoms with Crippen LogP contribution in [0.25, 0.3) is 0 Å². The molecule has 0 radical (unpaired) electrons. The van der Waals surface area contributed by atoms with E-state index in [0.29, 0.717) is 12.6 Å². The molecular weight excluding hydrogens is 418 g/mol. The van der Waals surface area contributed by atoms with Crippen LogP contribution in [0.3, 0.4) is 0 Å². The van der Waals surface area contributed by atoms with Gasteiger partial charge in [0.05, 0.1) is 11.4 Å². The van der Waals surface area contributed by atoms with Gasteiger partial charge in [-0.15, -0.1) is 0 Å². The molecule has 6 heteroatoms. The third-order valence-corrected chi connectivity index (χ3v) is 5.99. The van der Waals surface area contributed by atoms with Gasteiger partial charge < -0.3 is 15.1 Å². The van der Waals surface area contributed by atoms with Gasteiger partial charge in [-0.05, 0) is 42.7 Å². The first-order valence-electron chi connectivity index (χ1n) is 9.79. The van der Waals surface area contributed by atoms with Crippen LogP contribution >= 0.6 is 15.9 Å².